The van der Waals surface area contributed by atoms with E-state index in [4.69, 9.17) is 4.52 Å². The summed E-state index contributed by atoms with van der Waals surface area (Å²) in [7, 11) is 3.48. The Morgan fingerprint density at radius 2 is 2.09 bits per heavy atom. The number of halogens is 1. The van der Waals surface area contributed by atoms with Gasteiger partial charge in [0.2, 0.25) is 11.7 Å². The molecule has 1 aromatic heterocycles. The van der Waals surface area contributed by atoms with E-state index in [2.05, 4.69) is 10.1 Å². The van der Waals surface area contributed by atoms with Crippen molar-refractivity contribution in [3.8, 4) is 11.4 Å². The zero-order chi connectivity index (χ0) is 16.4. The van der Waals surface area contributed by atoms with Gasteiger partial charge in [0.1, 0.15) is 5.82 Å². The van der Waals surface area contributed by atoms with Crippen molar-refractivity contribution in [1.82, 2.24) is 19.9 Å². The number of nitrogens with zero attached hydrogens (tertiary/aromatic N) is 4. The van der Waals surface area contributed by atoms with E-state index in [1.54, 1.807) is 36.0 Å². The lowest BCUT2D eigenvalue weighted by Crippen LogP contribution is -2.44. The predicted octanol–water partition coefficient (Wildman–Crippen LogP) is 2.74. The SMILES string of the molecule is CN(C)C(=O)N1CCCC(c2nc(-c3ccc(F)cc3)no2)C1. The van der Waals surface area contributed by atoms with Crippen molar-refractivity contribution in [2.75, 3.05) is 27.2 Å². The van der Waals surface area contributed by atoms with Crippen LogP contribution in [0.15, 0.2) is 28.8 Å². The van der Waals surface area contributed by atoms with Crippen LogP contribution in [0.5, 0.6) is 0 Å². The van der Waals surface area contributed by atoms with Gasteiger partial charge in [0.15, 0.2) is 0 Å². The van der Waals surface area contributed by atoms with Gasteiger partial charge in [-0.2, -0.15) is 4.98 Å². The van der Waals surface area contributed by atoms with E-state index in [1.807, 2.05) is 0 Å². The summed E-state index contributed by atoms with van der Waals surface area (Å²) in [5.74, 6) is 0.702. The molecule has 122 valence electrons. The monoisotopic (exact) mass is 318 g/mol. The Morgan fingerprint density at radius 3 is 2.78 bits per heavy atom. The first-order valence-electron chi connectivity index (χ1n) is 7.60. The Morgan fingerprint density at radius 1 is 1.35 bits per heavy atom. The van der Waals surface area contributed by atoms with Crippen LogP contribution in [0, 0.1) is 5.82 Å². The Labute approximate surface area is 133 Å². The summed E-state index contributed by atoms with van der Waals surface area (Å²) in [6.07, 6.45) is 1.81. The highest BCUT2D eigenvalue weighted by molar-refractivity contribution is 5.74. The van der Waals surface area contributed by atoms with Crippen LogP contribution in [0.4, 0.5) is 9.18 Å². The van der Waals surface area contributed by atoms with Crippen molar-refractivity contribution in [2.45, 2.75) is 18.8 Å². The van der Waals surface area contributed by atoms with Crippen LogP contribution < -0.4 is 0 Å². The number of carbonyl (C=O) groups excluding carboxylic acids is 1. The minimum atomic E-state index is -0.303. The van der Waals surface area contributed by atoms with E-state index in [0.717, 1.165) is 19.4 Å². The van der Waals surface area contributed by atoms with Crippen molar-refractivity contribution < 1.29 is 13.7 Å². The van der Waals surface area contributed by atoms with E-state index >= 15 is 0 Å². The number of piperidine rings is 1. The summed E-state index contributed by atoms with van der Waals surface area (Å²) < 4.78 is 18.3. The van der Waals surface area contributed by atoms with Crippen molar-refractivity contribution >= 4 is 6.03 Å². The first-order chi connectivity index (χ1) is 11.0. The standard InChI is InChI=1S/C16H19FN4O2/c1-20(2)16(22)21-9-3-4-12(10-21)15-18-14(19-23-15)11-5-7-13(17)8-6-11/h5-8,12H,3-4,9-10H2,1-2H3. The first kappa shape index (κ1) is 15.5. The molecule has 3 rings (SSSR count). The largest absolute Gasteiger partial charge is 0.339 e. The number of urea groups is 1. The van der Waals surface area contributed by atoms with E-state index in [-0.39, 0.29) is 17.8 Å². The third-order valence-electron chi connectivity index (χ3n) is 3.97. The Balaban J connectivity index is 1.74. The number of aromatic nitrogens is 2. The third kappa shape index (κ3) is 3.33. The van der Waals surface area contributed by atoms with Crippen LogP contribution in [0.25, 0.3) is 11.4 Å². The van der Waals surface area contributed by atoms with Crippen LogP contribution in [-0.4, -0.2) is 53.2 Å². The summed E-state index contributed by atoms with van der Waals surface area (Å²) in [6, 6.07) is 5.96. The molecule has 6 nitrogen and oxygen atoms in total. The number of carbonyl (C=O) groups is 1. The minimum absolute atomic E-state index is 0.00651. The molecule has 0 aliphatic carbocycles. The normalized spacial score (nSPS) is 18.0. The fourth-order valence-electron chi connectivity index (χ4n) is 2.75. The molecule has 1 saturated heterocycles. The third-order valence-corrected chi connectivity index (χ3v) is 3.97. The van der Waals surface area contributed by atoms with E-state index in [1.165, 1.54) is 12.1 Å². The average Bonchev–Trinajstić information content (AvgIpc) is 3.05. The van der Waals surface area contributed by atoms with Gasteiger partial charge in [-0.05, 0) is 37.1 Å². The van der Waals surface area contributed by atoms with Crippen LogP contribution in [0.2, 0.25) is 0 Å². The van der Waals surface area contributed by atoms with Crippen LogP contribution in [-0.2, 0) is 0 Å². The Kier molecular flexibility index (Phi) is 4.27. The Bertz CT molecular complexity index is 684. The van der Waals surface area contributed by atoms with Gasteiger partial charge in [0, 0.05) is 32.7 Å². The van der Waals surface area contributed by atoms with Crippen LogP contribution in [0.3, 0.4) is 0 Å². The molecule has 23 heavy (non-hydrogen) atoms. The second-order valence-corrected chi connectivity index (χ2v) is 5.93. The van der Waals surface area contributed by atoms with Gasteiger partial charge in [-0.1, -0.05) is 5.16 Å². The molecule has 2 heterocycles. The lowest BCUT2D eigenvalue weighted by Gasteiger charge is -2.32. The van der Waals surface area contributed by atoms with Gasteiger partial charge in [-0.15, -0.1) is 0 Å². The summed E-state index contributed by atoms with van der Waals surface area (Å²) in [5.41, 5.74) is 0.707. The number of amides is 2. The molecule has 7 heteroatoms. The van der Waals surface area contributed by atoms with E-state index in [9.17, 15) is 9.18 Å². The van der Waals surface area contributed by atoms with E-state index < -0.39 is 0 Å². The summed E-state index contributed by atoms with van der Waals surface area (Å²) in [5, 5.41) is 3.97. The molecule has 2 amide bonds. The molecular weight excluding hydrogens is 299 g/mol. The topological polar surface area (TPSA) is 62.5 Å². The number of benzene rings is 1. The van der Waals surface area contributed by atoms with Crippen molar-refractivity contribution in [3.05, 3.63) is 36.0 Å². The van der Waals surface area contributed by atoms with Gasteiger partial charge in [0.25, 0.3) is 0 Å². The van der Waals surface area contributed by atoms with Crippen LogP contribution >= 0.6 is 0 Å². The van der Waals surface area contributed by atoms with Crippen molar-refractivity contribution in [1.29, 1.82) is 0 Å². The average molecular weight is 318 g/mol. The smallest absolute Gasteiger partial charge is 0.319 e. The second-order valence-electron chi connectivity index (χ2n) is 5.93. The molecule has 1 aliphatic rings. The number of likely N-dealkylation sites (tertiary alicyclic amines) is 1. The van der Waals surface area contributed by atoms with Crippen molar-refractivity contribution in [3.63, 3.8) is 0 Å². The van der Waals surface area contributed by atoms with Gasteiger partial charge in [0.05, 0.1) is 5.92 Å². The molecule has 0 bridgehead atoms. The maximum Gasteiger partial charge on any atom is 0.319 e. The molecule has 2 aromatic rings. The van der Waals surface area contributed by atoms with Gasteiger partial charge >= 0.3 is 6.03 Å². The van der Waals surface area contributed by atoms with E-state index in [0.29, 0.717) is 23.8 Å². The summed E-state index contributed by atoms with van der Waals surface area (Å²) in [6.45, 7) is 1.31. The highest BCUT2D eigenvalue weighted by Gasteiger charge is 2.29. The molecule has 1 aliphatic heterocycles. The molecule has 1 atom stereocenters. The molecule has 0 N–H and O–H groups in total. The lowest BCUT2D eigenvalue weighted by molar-refractivity contribution is 0.149. The number of hydrogen-bond donors (Lipinski definition) is 0. The van der Waals surface area contributed by atoms with Gasteiger partial charge in [-0.25, -0.2) is 9.18 Å². The maximum atomic E-state index is 13.0. The molecule has 0 spiro atoms. The highest BCUT2D eigenvalue weighted by Crippen LogP contribution is 2.28. The number of rotatable bonds is 2. The van der Waals surface area contributed by atoms with Crippen molar-refractivity contribution in [2.24, 2.45) is 0 Å². The zero-order valence-corrected chi connectivity index (χ0v) is 13.2. The Hall–Kier alpha value is -2.44. The van der Waals surface area contributed by atoms with Crippen LogP contribution in [0.1, 0.15) is 24.7 Å². The zero-order valence-electron chi connectivity index (χ0n) is 13.2. The molecule has 0 radical (unpaired) electrons. The molecule has 1 aromatic carbocycles. The van der Waals surface area contributed by atoms with Gasteiger partial charge < -0.3 is 14.3 Å². The first-order valence-corrected chi connectivity index (χ1v) is 7.60. The fourth-order valence-corrected chi connectivity index (χ4v) is 2.75. The lowest BCUT2D eigenvalue weighted by atomic mass is 9.98. The summed E-state index contributed by atoms with van der Waals surface area (Å²) >= 11 is 0. The fraction of sp³-hybridized carbons (Fsp3) is 0.438. The second kappa shape index (κ2) is 6.36. The molecule has 1 unspecified atom stereocenters. The maximum absolute atomic E-state index is 13.0. The molecule has 1 fully saturated rings. The minimum Gasteiger partial charge on any atom is -0.339 e. The highest BCUT2D eigenvalue weighted by atomic mass is 19.1. The molecule has 0 saturated carbocycles. The number of hydrogen-bond acceptors (Lipinski definition) is 4. The predicted molar refractivity (Wildman–Crippen MR) is 82.3 cm³/mol. The quantitative estimate of drug-likeness (QED) is 0.854. The molecular formula is C16H19FN4O2. The van der Waals surface area contributed by atoms with Gasteiger partial charge in [-0.3, -0.25) is 0 Å². The summed E-state index contributed by atoms with van der Waals surface area (Å²) in [4.78, 5) is 19.9.